The van der Waals surface area contributed by atoms with E-state index in [-0.39, 0.29) is 17.5 Å². The van der Waals surface area contributed by atoms with Crippen LogP contribution in [0.1, 0.15) is 16.3 Å². The average molecular weight is 460 g/mol. The first kappa shape index (κ1) is 20.6. The van der Waals surface area contributed by atoms with Gasteiger partial charge in [-0.15, -0.1) is 11.3 Å². The highest BCUT2D eigenvalue weighted by atomic mass is 35.5. The number of sulfone groups is 1. The van der Waals surface area contributed by atoms with E-state index in [9.17, 15) is 8.42 Å². The smallest absolute Gasteiger partial charge is 0.232 e. The molecular weight excluding hydrogens is 442 g/mol. The molecule has 2 heterocycles. The molecule has 6 nitrogen and oxygen atoms in total. The van der Waals surface area contributed by atoms with Gasteiger partial charge in [0.25, 0.3) is 0 Å². The largest absolute Gasteiger partial charge is 0.486 e. The minimum Gasteiger partial charge on any atom is -0.486 e. The lowest BCUT2D eigenvalue weighted by Gasteiger charge is -2.08. The lowest BCUT2D eigenvalue weighted by atomic mass is 10.2. The molecule has 0 unspecified atom stereocenters. The Morgan fingerprint density at radius 2 is 1.97 bits per heavy atom. The van der Waals surface area contributed by atoms with E-state index in [4.69, 9.17) is 16.3 Å². The van der Waals surface area contributed by atoms with Gasteiger partial charge < -0.3 is 4.74 Å². The van der Waals surface area contributed by atoms with E-state index in [0.29, 0.717) is 21.5 Å². The number of thiazole rings is 1. The Labute approximate surface area is 183 Å². The maximum atomic E-state index is 13.0. The number of aromatic nitrogens is 3. The van der Waals surface area contributed by atoms with Crippen molar-refractivity contribution in [1.29, 1.82) is 0 Å². The van der Waals surface area contributed by atoms with Gasteiger partial charge in [-0.25, -0.2) is 18.4 Å². The Kier molecular flexibility index (Phi) is 5.90. The van der Waals surface area contributed by atoms with Crippen LogP contribution in [0.5, 0.6) is 5.75 Å². The van der Waals surface area contributed by atoms with Crippen molar-refractivity contribution in [3.8, 4) is 11.4 Å². The van der Waals surface area contributed by atoms with Crippen LogP contribution in [0.4, 0.5) is 0 Å². The highest BCUT2D eigenvalue weighted by Crippen LogP contribution is 2.22. The van der Waals surface area contributed by atoms with Crippen LogP contribution in [-0.4, -0.2) is 23.0 Å². The highest BCUT2D eigenvalue weighted by Gasteiger charge is 2.23. The summed E-state index contributed by atoms with van der Waals surface area (Å²) in [4.78, 5) is 8.50. The second-order valence-electron chi connectivity index (χ2n) is 6.65. The fourth-order valence-electron chi connectivity index (χ4n) is 2.91. The molecule has 0 amide bonds. The molecule has 0 saturated heterocycles. The number of hydrogen-bond acceptors (Lipinski definition) is 6. The van der Waals surface area contributed by atoms with Gasteiger partial charge in [0, 0.05) is 28.5 Å². The van der Waals surface area contributed by atoms with Crippen LogP contribution in [0.25, 0.3) is 5.69 Å². The Morgan fingerprint density at radius 1 is 1.17 bits per heavy atom. The van der Waals surface area contributed by atoms with Crippen molar-refractivity contribution < 1.29 is 13.2 Å². The number of aryl methyl sites for hydroxylation is 1. The molecule has 0 aliphatic carbocycles. The quantitative estimate of drug-likeness (QED) is 0.395. The third kappa shape index (κ3) is 4.72. The number of ether oxygens (including phenoxy) is 1. The van der Waals surface area contributed by atoms with E-state index in [2.05, 4.69) is 9.97 Å². The fourth-order valence-corrected chi connectivity index (χ4v) is 5.20. The van der Waals surface area contributed by atoms with E-state index in [0.717, 1.165) is 11.3 Å². The first-order valence-electron chi connectivity index (χ1n) is 9.05. The zero-order chi connectivity index (χ0) is 21.1. The molecule has 154 valence electrons. The first-order chi connectivity index (χ1) is 14.4. The Morgan fingerprint density at radius 3 is 2.73 bits per heavy atom. The van der Waals surface area contributed by atoms with Crippen LogP contribution in [0.3, 0.4) is 0 Å². The van der Waals surface area contributed by atoms with Crippen LogP contribution in [-0.2, 0) is 22.2 Å². The summed E-state index contributed by atoms with van der Waals surface area (Å²) in [7, 11) is -3.68. The molecule has 2 aromatic carbocycles. The minimum atomic E-state index is -3.68. The molecular formula is C21H18ClN3O3S2. The summed E-state index contributed by atoms with van der Waals surface area (Å²) in [6, 6.07) is 14.6. The van der Waals surface area contributed by atoms with Crippen molar-refractivity contribution in [2.45, 2.75) is 24.4 Å². The van der Waals surface area contributed by atoms with Crippen molar-refractivity contribution in [3.63, 3.8) is 0 Å². The van der Waals surface area contributed by atoms with Crippen molar-refractivity contribution in [2.75, 3.05) is 0 Å². The zero-order valence-corrected chi connectivity index (χ0v) is 18.4. The second-order valence-corrected chi connectivity index (χ2v) is 9.92. The van der Waals surface area contributed by atoms with Crippen LogP contribution < -0.4 is 4.74 Å². The molecule has 0 bridgehead atoms. The van der Waals surface area contributed by atoms with E-state index < -0.39 is 9.84 Å². The summed E-state index contributed by atoms with van der Waals surface area (Å²) in [6.07, 6.45) is 3.13. The Bertz CT molecular complexity index is 1260. The molecule has 4 aromatic rings. The predicted octanol–water partition coefficient (Wildman–Crippen LogP) is 4.84. The van der Waals surface area contributed by atoms with Gasteiger partial charge in [-0.1, -0.05) is 23.7 Å². The molecule has 0 aliphatic heterocycles. The van der Waals surface area contributed by atoms with Gasteiger partial charge in [0.05, 0.1) is 5.69 Å². The normalized spacial score (nSPS) is 11.5. The van der Waals surface area contributed by atoms with E-state index >= 15 is 0 Å². The summed E-state index contributed by atoms with van der Waals surface area (Å²) in [5.41, 5.74) is 2.25. The number of imidazole rings is 1. The number of hydrogen-bond donors (Lipinski definition) is 0. The average Bonchev–Trinajstić information content (AvgIpc) is 3.37. The molecule has 30 heavy (non-hydrogen) atoms. The third-order valence-corrected chi connectivity index (χ3v) is 6.94. The maximum absolute atomic E-state index is 13.0. The molecule has 0 fully saturated rings. The van der Waals surface area contributed by atoms with Crippen LogP contribution in [0, 0.1) is 6.92 Å². The monoisotopic (exact) mass is 459 g/mol. The molecule has 0 radical (unpaired) electrons. The number of halogens is 1. The SMILES string of the molecule is Cc1cccc(-n2ccnc2S(=O)(=O)Cc2csc(COc3ccc(Cl)cc3)n2)c1. The minimum absolute atomic E-state index is 0.0000595. The predicted molar refractivity (Wildman–Crippen MR) is 117 cm³/mol. The summed E-state index contributed by atoms with van der Waals surface area (Å²) < 4.78 is 33.3. The topological polar surface area (TPSA) is 74.1 Å². The van der Waals surface area contributed by atoms with Crippen LogP contribution >= 0.6 is 22.9 Å². The number of benzene rings is 2. The summed E-state index contributed by atoms with van der Waals surface area (Å²) in [6.45, 7) is 2.21. The van der Waals surface area contributed by atoms with Crippen molar-refractivity contribution in [1.82, 2.24) is 14.5 Å². The van der Waals surface area contributed by atoms with Crippen molar-refractivity contribution >= 4 is 32.8 Å². The van der Waals surface area contributed by atoms with Crippen LogP contribution in [0.2, 0.25) is 5.02 Å². The zero-order valence-electron chi connectivity index (χ0n) is 16.0. The van der Waals surface area contributed by atoms with Gasteiger partial charge in [-0.3, -0.25) is 4.57 Å². The lowest BCUT2D eigenvalue weighted by molar-refractivity contribution is 0.305. The Balaban J connectivity index is 1.48. The maximum Gasteiger partial charge on any atom is 0.232 e. The molecule has 9 heteroatoms. The molecule has 0 spiro atoms. The van der Waals surface area contributed by atoms with Gasteiger partial charge in [0.15, 0.2) is 0 Å². The molecule has 0 saturated carbocycles. The molecule has 4 rings (SSSR count). The summed E-state index contributed by atoms with van der Waals surface area (Å²) in [5.74, 6) is 0.441. The van der Waals surface area contributed by atoms with Crippen molar-refractivity contribution in [2.24, 2.45) is 0 Å². The number of nitrogens with zero attached hydrogens (tertiary/aromatic N) is 3. The van der Waals surface area contributed by atoms with E-state index in [1.54, 1.807) is 40.4 Å². The van der Waals surface area contributed by atoms with Gasteiger partial charge in [0.1, 0.15) is 23.1 Å². The lowest BCUT2D eigenvalue weighted by Crippen LogP contribution is -2.12. The standard InChI is InChI=1S/C21H18ClN3O3S2/c1-15-3-2-4-18(11-15)25-10-9-23-21(25)30(26,27)14-17-13-29-20(24-17)12-28-19-7-5-16(22)6-8-19/h2-11,13H,12,14H2,1H3. The van der Waals surface area contributed by atoms with Gasteiger partial charge in [-0.05, 0) is 48.9 Å². The molecule has 0 aliphatic rings. The van der Waals surface area contributed by atoms with Gasteiger partial charge in [-0.2, -0.15) is 0 Å². The van der Waals surface area contributed by atoms with Crippen LogP contribution in [0.15, 0.2) is 71.5 Å². The van der Waals surface area contributed by atoms with Crippen molar-refractivity contribution in [3.05, 3.63) is 87.6 Å². The van der Waals surface area contributed by atoms with E-state index in [1.807, 2.05) is 31.2 Å². The van der Waals surface area contributed by atoms with Gasteiger partial charge >= 0.3 is 0 Å². The molecule has 2 aromatic heterocycles. The summed E-state index contributed by atoms with van der Waals surface area (Å²) >= 11 is 7.22. The summed E-state index contributed by atoms with van der Waals surface area (Å²) in [5, 5.41) is 3.06. The van der Waals surface area contributed by atoms with E-state index in [1.165, 1.54) is 17.5 Å². The van der Waals surface area contributed by atoms with Gasteiger partial charge in [0.2, 0.25) is 15.0 Å². The first-order valence-corrected chi connectivity index (χ1v) is 12.0. The molecule has 0 atom stereocenters. The molecule has 0 N–H and O–H groups in total. The fraction of sp³-hybridized carbons (Fsp3) is 0.143. The second kappa shape index (κ2) is 8.59. The number of rotatable bonds is 7. The highest BCUT2D eigenvalue weighted by molar-refractivity contribution is 7.90. The Hall–Kier alpha value is -2.68. The third-order valence-electron chi connectivity index (χ3n) is 4.28.